The van der Waals surface area contributed by atoms with Crippen LogP contribution >= 0.6 is 0 Å². The first-order chi connectivity index (χ1) is 14.5. The number of phenolic OH excluding ortho intramolecular Hbond substituents is 1. The van der Waals surface area contributed by atoms with Gasteiger partial charge in [-0.25, -0.2) is 0 Å². The highest BCUT2D eigenvalue weighted by Gasteiger charge is 2.30. The lowest BCUT2D eigenvalue weighted by molar-refractivity contribution is -0.151. The zero-order valence-corrected chi connectivity index (χ0v) is 16.3. The Bertz CT molecular complexity index is 1040. The van der Waals surface area contributed by atoms with Crippen LogP contribution < -0.4 is 0 Å². The zero-order valence-electron chi connectivity index (χ0n) is 16.3. The van der Waals surface area contributed by atoms with Crippen LogP contribution in [0, 0.1) is 5.92 Å². The smallest absolute Gasteiger partial charge is 0.307 e. The Kier molecular flexibility index (Phi) is 5.53. The molecule has 30 heavy (non-hydrogen) atoms. The van der Waals surface area contributed by atoms with E-state index in [1.165, 1.54) is 12.1 Å². The van der Waals surface area contributed by atoms with E-state index in [2.05, 4.69) is 12.1 Å². The van der Waals surface area contributed by atoms with Gasteiger partial charge in [-0.15, -0.1) is 0 Å². The van der Waals surface area contributed by atoms with Gasteiger partial charge in [-0.1, -0.05) is 60.7 Å². The Labute approximate surface area is 174 Å². The number of benzene rings is 3. The average Bonchev–Trinajstić information content (AvgIpc) is 3.06. The predicted molar refractivity (Wildman–Crippen MR) is 112 cm³/mol. The number of aromatic hydroxyl groups is 1. The van der Waals surface area contributed by atoms with E-state index < -0.39 is 17.9 Å². The summed E-state index contributed by atoms with van der Waals surface area (Å²) >= 11 is 0. The van der Waals surface area contributed by atoms with Gasteiger partial charge in [0.25, 0.3) is 0 Å². The number of carboxylic acids is 1. The van der Waals surface area contributed by atoms with Crippen molar-refractivity contribution in [2.24, 2.45) is 5.92 Å². The number of fused-ring (bicyclic) bond motifs is 3. The third-order valence-corrected chi connectivity index (χ3v) is 5.53. The number of esters is 1. The van der Waals surface area contributed by atoms with Crippen LogP contribution in [0.1, 0.15) is 29.0 Å². The van der Waals surface area contributed by atoms with Gasteiger partial charge < -0.3 is 14.9 Å². The molecular weight excluding hydrogens is 380 g/mol. The molecule has 3 aromatic rings. The lowest BCUT2D eigenvalue weighted by Gasteiger charge is -2.16. The highest BCUT2D eigenvalue weighted by atomic mass is 16.5. The summed E-state index contributed by atoms with van der Waals surface area (Å²) in [6.45, 7) is 0.172. The molecule has 1 aliphatic rings. The maximum atomic E-state index is 12.5. The molecule has 0 fully saturated rings. The summed E-state index contributed by atoms with van der Waals surface area (Å²) in [5.41, 5.74) is 5.17. The predicted octanol–water partition coefficient (Wildman–Crippen LogP) is 4.38. The summed E-state index contributed by atoms with van der Waals surface area (Å²) < 4.78 is 5.53. The SMILES string of the molecule is O=C(C[C@@H](Cc1cccc(O)c1)C(=O)O)OCC1c2ccccc2-c2ccccc21. The van der Waals surface area contributed by atoms with Gasteiger partial charge in [0.2, 0.25) is 0 Å². The summed E-state index contributed by atoms with van der Waals surface area (Å²) in [5.74, 6) is -2.51. The Morgan fingerprint density at radius 3 is 2.13 bits per heavy atom. The summed E-state index contributed by atoms with van der Waals surface area (Å²) in [4.78, 5) is 24.1. The topological polar surface area (TPSA) is 83.8 Å². The molecule has 1 atom stereocenters. The summed E-state index contributed by atoms with van der Waals surface area (Å²) in [6, 6.07) is 22.5. The fourth-order valence-corrected chi connectivity index (χ4v) is 4.09. The zero-order chi connectivity index (χ0) is 21.1. The van der Waals surface area contributed by atoms with Crippen LogP contribution in [0.15, 0.2) is 72.8 Å². The van der Waals surface area contributed by atoms with Crippen LogP contribution in [0.5, 0.6) is 5.75 Å². The van der Waals surface area contributed by atoms with E-state index in [1.807, 2.05) is 36.4 Å². The molecule has 4 rings (SSSR count). The molecule has 0 aromatic heterocycles. The van der Waals surface area contributed by atoms with Gasteiger partial charge in [-0.3, -0.25) is 9.59 Å². The van der Waals surface area contributed by atoms with Crippen molar-refractivity contribution in [3.8, 4) is 16.9 Å². The Morgan fingerprint density at radius 2 is 1.53 bits per heavy atom. The lowest BCUT2D eigenvalue weighted by Crippen LogP contribution is -2.22. The van der Waals surface area contributed by atoms with Crippen LogP contribution in [0.4, 0.5) is 0 Å². The van der Waals surface area contributed by atoms with Crippen molar-refractivity contribution in [2.45, 2.75) is 18.8 Å². The van der Waals surface area contributed by atoms with E-state index in [9.17, 15) is 19.8 Å². The van der Waals surface area contributed by atoms with Crippen molar-refractivity contribution < 1.29 is 24.5 Å². The van der Waals surface area contributed by atoms with E-state index in [4.69, 9.17) is 4.74 Å². The molecule has 0 saturated heterocycles. The molecule has 0 spiro atoms. The maximum Gasteiger partial charge on any atom is 0.307 e. The molecule has 0 aliphatic heterocycles. The quantitative estimate of drug-likeness (QED) is 0.573. The number of hydrogen-bond donors (Lipinski definition) is 2. The first-order valence-electron chi connectivity index (χ1n) is 9.87. The monoisotopic (exact) mass is 402 g/mol. The fourth-order valence-electron chi connectivity index (χ4n) is 4.09. The molecule has 0 heterocycles. The Morgan fingerprint density at radius 1 is 0.900 bits per heavy atom. The Hall–Kier alpha value is -3.60. The summed E-state index contributed by atoms with van der Waals surface area (Å²) in [6.07, 6.45) is -0.0745. The molecule has 152 valence electrons. The van der Waals surface area contributed by atoms with Crippen LogP contribution in [-0.2, 0) is 20.7 Å². The largest absolute Gasteiger partial charge is 0.508 e. The minimum atomic E-state index is -1.06. The maximum absolute atomic E-state index is 12.5. The number of phenols is 1. The molecule has 0 amide bonds. The third-order valence-electron chi connectivity index (χ3n) is 5.53. The van der Waals surface area contributed by atoms with E-state index in [1.54, 1.807) is 12.1 Å². The standard InChI is InChI=1S/C25H22O5/c26-18-7-5-6-16(13-18)12-17(25(28)29)14-24(27)30-15-23-21-10-3-1-8-19(21)20-9-2-4-11-22(20)23/h1-11,13,17,23,26H,12,14-15H2,(H,28,29)/t17-/m1/s1. The van der Waals surface area contributed by atoms with Crippen LogP contribution in [-0.4, -0.2) is 28.8 Å². The average molecular weight is 402 g/mol. The molecule has 0 bridgehead atoms. The number of ether oxygens (including phenoxy) is 1. The molecule has 1 aliphatic carbocycles. The molecule has 0 radical (unpaired) electrons. The van der Waals surface area contributed by atoms with Crippen molar-refractivity contribution in [3.05, 3.63) is 89.5 Å². The number of aliphatic carboxylic acids is 1. The number of rotatable bonds is 7. The number of carbonyl (C=O) groups excluding carboxylic acids is 1. The van der Waals surface area contributed by atoms with E-state index in [0.717, 1.165) is 22.3 Å². The first kappa shape index (κ1) is 19.7. The molecule has 0 unspecified atom stereocenters. The molecule has 2 N–H and O–H groups in total. The minimum Gasteiger partial charge on any atom is -0.508 e. The molecule has 5 heteroatoms. The minimum absolute atomic E-state index is 0.0595. The second-order valence-electron chi connectivity index (χ2n) is 7.52. The highest BCUT2D eigenvalue weighted by Crippen LogP contribution is 2.44. The van der Waals surface area contributed by atoms with Gasteiger partial charge in [-0.05, 0) is 46.4 Å². The molecule has 0 saturated carbocycles. The van der Waals surface area contributed by atoms with Gasteiger partial charge in [0.1, 0.15) is 12.4 Å². The van der Waals surface area contributed by atoms with Gasteiger partial charge in [0.15, 0.2) is 0 Å². The summed E-state index contributed by atoms with van der Waals surface area (Å²) in [5, 5.41) is 19.1. The normalized spacial score (nSPS) is 13.3. The fraction of sp³-hybridized carbons (Fsp3) is 0.200. The first-order valence-corrected chi connectivity index (χ1v) is 9.87. The van der Waals surface area contributed by atoms with E-state index >= 15 is 0 Å². The third kappa shape index (κ3) is 4.06. The van der Waals surface area contributed by atoms with Crippen molar-refractivity contribution in [1.29, 1.82) is 0 Å². The van der Waals surface area contributed by atoms with Crippen LogP contribution in [0.3, 0.4) is 0 Å². The summed E-state index contributed by atoms with van der Waals surface area (Å²) in [7, 11) is 0. The molecular formula is C25H22O5. The number of carbonyl (C=O) groups is 2. The lowest BCUT2D eigenvalue weighted by atomic mass is 9.96. The van der Waals surface area contributed by atoms with E-state index in [0.29, 0.717) is 5.56 Å². The second kappa shape index (κ2) is 8.41. The number of carboxylic acid groups (broad SMARTS) is 1. The van der Waals surface area contributed by atoms with Gasteiger partial charge in [-0.2, -0.15) is 0 Å². The van der Waals surface area contributed by atoms with Crippen molar-refractivity contribution in [2.75, 3.05) is 6.61 Å². The van der Waals surface area contributed by atoms with Gasteiger partial charge >= 0.3 is 11.9 Å². The van der Waals surface area contributed by atoms with Crippen LogP contribution in [0.2, 0.25) is 0 Å². The highest BCUT2D eigenvalue weighted by molar-refractivity contribution is 5.80. The Balaban J connectivity index is 1.43. The van der Waals surface area contributed by atoms with Crippen molar-refractivity contribution >= 4 is 11.9 Å². The van der Waals surface area contributed by atoms with Crippen molar-refractivity contribution in [1.82, 2.24) is 0 Å². The number of hydrogen-bond acceptors (Lipinski definition) is 4. The second-order valence-corrected chi connectivity index (χ2v) is 7.52. The molecule has 3 aromatic carbocycles. The van der Waals surface area contributed by atoms with Crippen LogP contribution in [0.25, 0.3) is 11.1 Å². The van der Waals surface area contributed by atoms with E-state index in [-0.39, 0.29) is 31.1 Å². The van der Waals surface area contributed by atoms with Gasteiger partial charge in [0.05, 0.1) is 12.3 Å². The van der Waals surface area contributed by atoms with Gasteiger partial charge in [0, 0.05) is 5.92 Å². The van der Waals surface area contributed by atoms with Crippen molar-refractivity contribution in [3.63, 3.8) is 0 Å². The molecule has 5 nitrogen and oxygen atoms in total.